The minimum absolute atomic E-state index is 0.00737. The van der Waals surface area contributed by atoms with Crippen LogP contribution in [0.15, 0.2) is 30.3 Å². The van der Waals surface area contributed by atoms with Crippen LogP contribution in [0, 0.1) is 5.92 Å². The van der Waals surface area contributed by atoms with E-state index in [-0.39, 0.29) is 19.4 Å². The molecule has 0 aliphatic heterocycles. The van der Waals surface area contributed by atoms with Gasteiger partial charge in [-0.2, -0.15) is 0 Å². The van der Waals surface area contributed by atoms with Gasteiger partial charge in [-0.3, -0.25) is 24.0 Å². The van der Waals surface area contributed by atoms with E-state index < -0.39 is 72.0 Å². The Morgan fingerprint density at radius 3 is 1.90 bits per heavy atom. The van der Waals surface area contributed by atoms with Crippen LogP contribution >= 0.6 is 0 Å². The molecule has 0 aromatic heterocycles. The number of aliphatic carboxylic acids is 1. The lowest BCUT2D eigenvalue weighted by molar-refractivity contribution is -0.143. The molecule has 0 fully saturated rings. The number of rotatable bonds is 18. The second kappa shape index (κ2) is 17.5. The Hall–Kier alpha value is -4.04. The van der Waals surface area contributed by atoms with E-state index in [0.717, 1.165) is 0 Å². The lowest BCUT2D eigenvalue weighted by Crippen LogP contribution is -2.59. The largest absolute Gasteiger partial charge is 0.480 e. The first-order valence-electron chi connectivity index (χ1n) is 13.0. The van der Waals surface area contributed by atoms with Gasteiger partial charge in [0.05, 0.1) is 13.0 Å². The summed E-state index contributed by atoms with van der Waals surface area (Å²) in [5.74, 6) is -5.65. The van der Waals surface area contributed by atoms with Gasteiger partial charge in [0.1, 0.15) is 24.2 Å². The van der Waals surface area contributed by atoms with Crippen molar-refractivity contribution in [3.05, 3.63) is 35.9 Å². The molecule has 0 saturated carbocycles. The van der Waals surface area contributed by atoms with Crippen molar-refractivity contribution in [2.24, 2.45) is 23.1 Å². The second-order valence-corrected chi connectivity index (χ2v) is 9.66. The van der Waals surface area contributed by atoms with Crippen molar-refractivity contribution < 1.29 is 33.9 Å². The molecule has 0 unspecified atom stereocenters. The quantitative estimate of drug-likeness (QED) is 0.0907. The summed E-state index contributed by atoms with van der Waals surface area (Å²) in [4.78, 5) is 74.6. The highest BCUT2D eigenvalue weighted by Gasteiger charge is 2.32. The third kappa shape index (κ3) is 12.2. The third-order valence-corrected chi connectivity index (χ3v) is 5.97. The van der Waals surface area contributed by atoms with Crippen LogP contribution in [0.5, 0.6) is 0 Å². The van der Waals surface area contributed by atoms with E-state index in [0.29, 0.717) is 24.9 Å². The molecule has 0 heterocycles. The zero-order valence-electron chi connectivity index (χ0n) is 22.9. The van der Waals surface area contributed by atoms with E-state index >= 15 is 0 Å². The highest BCUT2D eigenvalue weighted by Crippen LogP contribution is 2.08. The Morgan fingerprint density at radius 1 is 0.800 bits per heavy atom. The number of hydrogen-bond acceptors (Lipinski definition) is 8. The van der Waals surface area contributed by atoms with Crippen LogP contribution < -0.4 is 38.5 Å². The van der Waals surface area contributed by atoms with Crippen molar-refractivity contribution in [3.8, 4) is 0 Å². The van der Waals surface area contributed by atoms with E-state index in [1.807, 2.05) is 0 Å². The van der Waals surface area contributed by atoms with Crippen molar-refractivity contribution in [2.45, 2.75) is 70.1 Å². The Balaban J connectivity index is 3.22. The first-order chi connectivity index (χ1) is 18.9. The van der Waals surface area contributed by atoms with Gasteiger partial charge in [-0.15, -0.1) is 0 Å². The average molecular weight is 564 g/mol. The lowest BCUT2D eigenvalue weighted by Gasteiger charge is -2.26. The molecule has 4 atom stereocenters. The van der Waals surface area contributed by atoms with Crippen molar-refractivity contribution >= 4 is 35.5 Å². The van der Waals surface area contributed by atoms with Crippen LogP contribution in [-0.2, 0) is 35.2 Å². The van der Waals surface area contributed by atoms with Crippen LogP contribution in [0.25, 0.3) is 0 Å². The summed E-state index contributed by atoms with van der Waals surface area (Å²) >= 11 is 0. The van der Waals surface area contributed by atoms with E-state index in [1.165, 1.54) is 0 Å². The summed E-state index contributed by atoms with van der Waals surface area (Å²) in [6.07, 6.45) is 0.771. The van der Waals surface area contributed by atoms with Crippen LogP contribution in [0.1, 0.15) is 45.1 Å². The van der Waals surface area contributed by atoms with Crippen LogP contribution in [-0.4, -0.2) is 77.9 Å². The predicted octanol–water partition coefficient (Wildman–Crippen LogP) is -2.13. The Bertz CT molecular complexity index is 1020. The van der Waals surface area contributed by atoms with Crippen molar-refractivity contribution in [1.29, 1.82) is 0 Å². The van der Waals surface area contributed by atoms with Gasteiger partial charge < -0.3 is 43.6 Å². The standard InChI is InChI=1S/C26H41N7O7/c1-15(2)22(26(39)40)33-25(38)19(13-20(29)34)32-24(37)18(12-16-8-4-3-5-9-16)31-23(36)17(10-6-7-11-27)30-21(35)14-28/h3-5,8-9,15,17-19,22H,6-7,10-14,27-28H2,1-2H3,(H2,29,34)(H,30,35)(H,31,36)(H,32,37)(H,33,38)(H,39,40)/t17-,18-,19-,22-/m0/s1. The van der Waals surface area contributed by atoms with Crippen molar-refractivity contribution in [3.63, 3.8) is 0 Å². The SMILES string of the molecule is CC(C)[C@H](NC(=O)[C@H](CC(N)=O)NC(=O)[C@H](Cc1ccccc1)NC(=O)[C@H](CCCCN)NC(=O)CN)C(=O)O. The Kier molecular flexibility index (Phi) is 14.9. The molecule has 11 N–H and O–H groups in total. The number of carboxylic acid groups (broad SMARTS) is 1. The highest BCUT2D eigenvalue weighted by molar-refractivity contribution is 5.96. The number of carbonyl (C=O) groups excluding carboxylic acids is 5. The number of unbranched alkanes of at least 4 members (excludes halogenated alkanes) is 1. The number of primary amides is 1. The van der Waals surface area contributed by atoms with Gasteiger partial charge in [-0.05, 0) is 37.3 Å². The number of hydrogen-bond donors (Lipinski definition) is 8. The van der Waals surface area contributed by atoms with Gasteiger partial charge in [0.15, 0.2) is 0 Å². The number of carbonyl (C=O) groups is 6. The van der Waals surface area contributed by atoms with Crippen molar-refractivity contribution in [1.82, 2.24) is 21.3 Å². The molecule has 5 amide bonds. The van der Waals surface area contributed by atoms with Gasteiger partial charge in [-0.1, -0.05) is 44.2 Å². The summed E-state index contributed by atoms with van der Waals surface area (Å²) in [7, 11) is 0. The molecule has 0 aliphatic carbocycles. The molecule has 14 heteroatoms. The van der Waals surface area contributed by atoms with Crippen molar-refractivity contribution in [2.75, 3.05) is 13.1 Å². The van der Waals surface area contributed by atoms with E-state index in [9.17, 15) is 33.9 Å². The molecule has 0 radical (unpaired) electrons. The molecule has 0 bridgehead atoms. The highest BCUT2D eigenvalue weighted by atomic mass is 16.4. The maximum Gasteiger partial charge on any atom is 0.326 e. The molecule has 0 saturated heterocycles. The van der Waals surface area contributed by atoms with Gasteiger partial charge >= 0.3 is 5.97 Å². The molecule has 1 aromatic rings. The summed E-state index contributed by atoms with van der Waals surface area (Å²) < 4.78 is 0. The zero-order valence-corrected chi connectivity index (χ0v) is 22.9. The van der Waals surface area contributed by atoms with Crippen LogP contribution in [0.2, 0.25) is 0 Å². The van der Waals surface area contributed by atoms with E-state index in [2.05, 4.69) is 21.3 Å². The van der Waals surface area contributed by atoms with E-state index in [4.69, 9.17) is 17.2 Å². The topological polar surface area (TPSA) is 249 Å². The van der Waals surface area contributed by atoms with Gasteiger partial charge in [-0.25, -0.2) is 4.79 Å². The van der Waals surface area contributed by atoms with E-state index in [1.54, 1.807) is 44.2 Å². The van der Waals surface area contributed by atoms with Gasteiger partial charge in [0, 0.05) is 6.42 Å². The molecule has 222 valence electrons. The number of carboxylic acids is 1. The molecule has 14 nitrogen and oxygen atoms in total. The fraction of sp³-hybridized carbons (Fsp3) is 0.538. The third-order valence-electron chi connectivity index (χ3n) is 5.97. The maximum atomic E-state index is 13.4. The summed E-state index contributed by atoms with van der Waals surface area (Å²) in [5.41, 5.74) is 16.9. The normalized spacial score (nSPS) is 13.8. The zero-order chi connectivity index (χ0) is 30.2. The molecule has 1 aromatic carbocycles. The first-order valence-corrected chi connectivity index (χ1v) is 13.0. The number of nitrogens with one attached hydrogen (secondary N) is 4. The van der Waals surface area contributed by atoms with Gasteiger partial charge in [0.2, 0.25) is 29.5 Å². The minimum Gasteiger partial charge on any atom is -0.480 e. The molecule has 1 rings (SSSR count). The predicted molar refractivity (Wildman–Crippen MR) is 146 cm³/mol. The number of benzene rings is 1. The lowest BCUT2D eigenvalue weighted by atomic mass is 10.0. The molecular formula is C26H41N7O7. The molecule has 0 spiro atoms. The Morgan fingerprint density at radius 2 is 1.38 bits per heavy atom. The molecular weight excluding hydrogens is 522 g/mol. The minimum atomic E-state index is -1.50. The molecule has 40 heavy (non-hydrogen) atoms. The summed E-state index contributed by atoms with van der Waals surface area (Å²) in [6, 6.07) is 3.71. The molecule has 0 aliphatic rings. The van der Waals surface area contributed by atoms with Gasteiger partial charge in [0.25, 0.3) is 0 Å². The van der Waals surface area contributed by atoms with Crippen LogP contribution in [0.3, 0.4) is 0 Å². The fourth-order valence-corrected chi connectivity index (χ4v) is 3.80. The van der Waals surface area contributed by atoms with Crippen LogP contribution in [0.4, 0.5) is 0 Å². The monoisotopic (exact) mass is 563 g/mol. The average Bonchev–Trinajstić information content (AvgIpc) is 2.89. The summed E-state index contributed by atoms with van der Waals surface area (Å²) in [6.45, 7) is 3.21. The maximum absolute atomic E-state index is 13.4. The second-order valence-electron chi connectivity index (χ2n) is 9.66. The number of amides is 5. The first kappa shape index (κ1) is 34.0. The number of nitrogens with two attached hydrogens (primary N) is 3. The summed E-state index contributed by atoms with van der Waals surface area (Å²) in [5, 5.41) is 19.3. The smallest absolute Gasteiger partial charge is 0.326 e. The fourth-order valence-electron chi connectivity index (χ4n) is 3.80. The Labute approximate surface area is 233 Å².